The van der Waals surface area contributed by atoms with E-state index < -0.39 is 0 Å². The summed E-state index contributed by atoms with van der Waals surface area (Å²) in [6.45, 7) is 5.68. The molecule has 0 aromatic rings. The van der Waals surface area contributed by atoms with E-state index in [-0.39, 0.29) is 18.0 Å². The normalized spacial score (nSPS) is 20.3. The summed E-state index contributed by atoms with van der Waals surface area (Å²) in [6, 6.07) is 0.687. The molecule has 0 spiro atoms. The van der Waals surface area contributed by atoms with Crippen molar-refractivity contribution < 1.29 is 9.59 Å². The quantitative estimate of drug-likeness (QED) is 0.864. The maximum Gasteiger partial charge on any atom is 0.317 e. The maximum absolute atomic E-state index is 12.1. The van der Waals surface area contributed by atoms with Crippen LogP contribution < -0.4 is 5.32 Å². The number of nitrogens with one attached hydrogen (secondary N) is 1. The highest BCUT2D eigenvalue weighted by molar-refractivity contribution is 5.77. The van der Waals surface area contributed by atoms with Crippen molar-refractivity contribution in [3.8, 4) is 0 Å². The summed E-state index contributed by atoms with van der Waals surface area (Å²) in [5.41, 5.74) is 0. The van der Waals surface area contributed by atoms with Gasteiger partial charge in [0.25, 0.3) is 0 Å². The number of hydrogen-bond acceptors (Lipinski definition) is 2. The fraction of sp³-hybridized carbons (Fsp3) is 0.875. The van der Waals surface area contributed by atoms with Gasteiger partial charge < -0.3 is 15.1 Å². The molecule has 5 heteroatoms. The van der Waals surface area contributed by atoms with Crippen molar-refractivity contribution in [2.24, 2.45) is 5.92 Å². The first-order valence-corrected chi connectivity index (χ1v) is 8.28. The van der Waals surface area contributed by atoms with E-state index in [9.17, 15) is 9.59 Å². The molecule has 2 aliphatic rings. The average Bonchev–Trinajstić information content (AvgIpc) is 2.36. The van der Waals surface area contributed by atoms with Gasteiger partial charge in [-0.25, -0.2) is 4.79 Å². The van der Waals surface area contributed by atoms with Crippen molar-refractivity contribution in [1.29, 1.82) is 0 Å². The van der Waals surface area contributed by atoms with Crippen LogP contribution in [0.4, 0.5) is 4.79 Å². The summed E-state index contributed by atoms with van der Waals surface area (Å²) in [4.78, 5) is 27.9. The second-order valence-electron chi connectivity index (χ2n) is 6.90. The lowest BCUT2D eigenvalue weighted by molar-refractivity contribution is -0.133. The number of amides is 3. The number of urea groups is 1. The van der Waals surface area contributed by atoms with E-state index in [1.54, 1.807) is 0 Å². The molecule has 3 amide bonds. The fourth-order valence-electron chi connectivity index (χ4n) is 2.97. The number of piperidine rings is 1. The van der Waals surface area contributed by atoms with Gasteiger partial charge in [-0.15, -0.1) is 0 Å². The molecule has 1 heterocycles. The van der Waals surface area contributed by atoms with Crippen molar-refractivity contribution in [1.82, 2.24) is 15.1 Å². The Balaban J connectivity index is 1.71. The highest BCUT2D eigenvalue weighted by Gasteiger charge is 2.28. The number of nitrogens with zero attached hydrogens (tertiary/aromatic N) is 2. The highest BCUT2D eigenvalue weighted by atomic mass is 16.2. The lowest BCUT2D eigenvalue weighted by Crippen LogP contribution is -2.52. The number of carbonyl (C=O) groups excluding carboxylic acids is 2. The van der Waals surface area contributed by atoms with Crippen molar-refractivity contribution in [3.63, 3.8) is 0 Å². The molecule has 0 bridgehead atoms. The molecule has 0 aromatic heterocycles. The Morgan fingerprint density at radius 3 is 2.29 bits per heavy atom. The third kappa shape index (κ3) is 4.35. The van der Waals surface area contributed by atoms with Crippen LogP contribution in [0.2, 0.25) is 0 Å². The van der Waals surface area contributed by atoms with Crippen molar-refractivity contribution >= 4 is 11.9 Å². The Bertz CT molecular complexity index is 372. The first-order valence-electron chi connectivity index (χ1n) is 8.28. The first kappa shape index (κ1) is 16.1. The van der Waals surface area contributed by atoms with Gasteiger partial charge in [-0.1, -0.05) is 13.8 Å². The third-order valence-electron chi connectivity index (χ3n) is 4.70. The molecule has 1 saturated carbocycles. The third-order valence-corrected chi connectivity index (χ3v) is 4.70. The molecule has 2 rings (SSSR count). The molecule has 2 fully saturated rings. The van der Waals surface area contributed by atoms with Crippen molar-refractivity contribution in [2.75, 3.05) is 20.1 Å². The Kier molecular flexibility index (Phi) is 5.48. The van der Waals surface area contributed by atoms with Crippen molar-refractivity contribution in [3.05, 3.63) is 0 Å². The molecule has 0 atom stereocenters. The second-order valence-corrected chi connectivity index (χ2v) is 6.90. The Labute approximate surface area is 128 Å². The van der Waals surface area contributed by atoms with Gasteiger partial charge >= 0.3 is 6.03 Å². The van der Waals surface area contributed by atoms with Gasteiger partial charge in [0.05, 0.1) is 0 Å². The standard InChI is InChI=1S/C16H29N3O2/c1-12(2)11-15(20)19-9-7-13(8-10-19)17-16(21)18(3)14-5-4-6-14/h12-14H,4-11H2,1-3H3,(H,17,21). The first-order chi connectivity index (χ1) is 9.97. The molecule has 120 valence electrons. The lowest BCUT2D eigenvalue weighted by atomic mass is 9.92. The smallest absolute Gasteiger partial charge is 0.317 e. The Morgan fingerprint density at radius 1 is 1.19 bits per heavy atom. The number of likely N-dealkylation sites (tertiary alicyclic amines) is 1. The molecule has 0 unspecified atom stereocenters. The van der Waals surface area contributed by atoms with E-state index in [0.29, 0.717) is 18.4 Å². The predicted molar refractivity (Wildman–Crippen MR) is 83.0 cm³/mol. The minimum absolute atomic E-state index is 0.0478. The van der Waals surface area contributed by atoms with Gasteiger partial charge in [0, 0.05) is 38.6 Å². The van der Waals surface area contributed by atoms with Crippen LogP contribution in [0.5, 0.6) is 0 Å². The molecule has 21 heavy (non-hydrogen) atoms. The predicted octanol–water partition coefficient (Wildman–Crippen LogP) is 2.22. The molecule has 0 aromatic carbocycles. The van der Waals surface area contributed by atoms with Crippen LogP contribution in [-0.4, -0.2) is 54.0 Å². The van der Waals surface area contributed by atoms with Crippen LogP contribution in [0.3, 0.4) is 0 Å². The zero-order valence-corrected chi connectivity index (χ0v) is 13.6. The summed E-state index contributed by atoms with van der Waals surface area (Å²) < 4.78 is 0. The van der Waals surface area contributed by atoms with E-state index in [1.807, 2.05) is 16.8 Å². The molecule has 1 N–H and O–H groups in total. The number of rotatable bonds is 4. The zero-order chi connectivity index (χ0) is 15.4. The number of carbonyl (C=O) groups is 2. The van der Waals surface area contributed by atoms with Crippen LogP contribution in [0.1, 0.15) is 52.4 Å². The van der Waals surface area contributed by atoms with Gasteiger partial charge in [0.1, 0.15) is 0 Å². The maximum atomic E-state index is 12.1. The molecular formula is C16H29N3O2. The van der Waals surface area contributed by atoms with E-state index in [4.69, 9.17) is 0 Å². The SMILES string of the molecule is CC(C)CC(=O)N1CCC(NC(=O)N(C)C2CCC2)CC1. The molecular weight excluding hydrogens is 266 g/mol. The van der Waals surface area contributed by atoms with Gasteiger partial charge in [-0.05, 0) is 38.0 Å². The number of hydrogen-bond donors (Lipinski definition) is 1. The molecule has 0 radical (unpaired) electrons. The minimum atomic E-state index is 0.0478. The van der Waals surface area contributed by atoms with Crippen molar-refractivity contribution in [2.45, 2.75) is 64.5 Å². The summed E-state index contributed by atoms with van der Waals surface area (Å²) in [5.74, 6) is 0.660. The van der Waals surface area contributed by atoms with Crippen LogP contribution in [0, 0.1) is 5.92 Å². The monoisotopic (exact) mass is 295 g/mol. The van der Waals surface area contributed by atoms with Crippen LogP contribution in [0.25, 0.3) is 0 Å². The van der Waals surface area contributed by atoms with Crippen LogP contribution in [-0.2, 0) is 4.79 Å². The summed E-state index contributed by atoms with van der Waals surface area (Å²) in [5, 5.41) is 3.12. The van der Waals surface area contributed by atoms with E-state index in [2.05, 4.69) is 19.2 Å². The second kappa shape index (κ2) is 7.14. The lowest BCUT2D eigenvalue weighted by Gasteiger charge is -2.37. The Hall–Kier alpha value is -1.26. The molecule has 1 aliphatic carbocycles. The van der Waals surface area contributed by atoms with Gasteiger partial charge in [-0.2, -0.15) is 0 Å². The molecule has 5 nitrogen and oxygen atoms in total. The van der Waals surface area contributed by atoms with E-state index in [1.165, 1.54) is 6.42 Å². The summed E-state index contributed by atoms with van der Waals surface area (Å²) in [6.07, 6.45) is 5.86. The Morgan fingerprint density at radius 2 is 1.81 bits per heavy atom. The van der Waals surface area contributed by atoms with Crippen LogP contribution in [0.15, 0.2) is 0 Å². The van der Waals surface area contributed by atoms with E-state index in [0.717, 1.165) is 38.8 Å². The van der Waals surface area contributed by atoms with E-state index >= 15 is 0 Å². The average molecular weight is 295 g/mol. The largest absolute Gasteiger partial charge is 0.343 e. The zero-order valence-electron chi connectivity index (χ0n) is 13.6. The minimum Gasteiger partial charge on any atom is -0.343 e. The van der Waals surface area contributed by atoms with Crippen LogP contribution >= 0.6 is 0 Å². The summed E-state index contributed by atoms with van der Waals surface area (Å²) >= 11 is 0. The topological polar surface area (TPSA) is 52.7 Å². The van der Waals surface area contributed by atoms with Gasteiger partial charge in [0.2, 0.25) is 5.91 Å². The van der Waals surface area contributed by atoms with Gasteiger partial charge in [0.15, 0.2) is 0 Å². The summed E-state index contributed by atoms with van der Waals surface area (Å²) in [7, 11) is 1.89. The molecule has 1 saturated heterocycles. The molecule has 1 aliphatic heterocycles. The van der Waals surface area contributed by atoms with Gasteiger partial charge in [-0.3, -0.25) is 4.79 Å². The fourth-order valence-corrected chi connectivity index (χ4v) is 2.97. The highest BCUT2D eigenvalue weighted by Crippen LogP contribution is 2.23.